The molecule has 4 nitrogen and oxygen atoms in total. The van der Waals surface area contributed by atoms with Crippen LogP contribution < -0.4 is 5.32 Å². The molecule has 0 fully saturated rings. The number of hydrogen-bond donors (Lipinski definition) is 1. The van der Waals surface area contributed by atoms with Crippen LogP contribution in [0.15, 0.2) is 29.4 Å². The van der Waals surface area contributed by atoms with Crippen LogP contribution in [0, 0.1) is 0 Å². The highest BCUT2D eigenvalue weighted by molar-refractivity contribution is 6.34. The Morgan fingerprint density at radius 3 is 2.74 bits per heavy atom. The zero-order valence-corrected chi connectivity index (χ0v) is 12.0. The molecule has 1 heterocycles. The lowest BCUT2D eigenvalue weighted by Crippen LogP contribution is -2.45. The summed E-state index contributed by atoms with van der Waals surface area (Å²) in [6, 6.07) is 7.40. The number of nitrogens with one attached hydrogen (secondary N) is 1. The Hall–Kier alpha value is -1.55. The Bertz CT molecular complexity index is 520. The summed E-state index contributed by atoms with van der Waals surface area (Å²) >= 11 is 6.10. The minimum Gasteiger partial charge on any atom is -0.382 e. The molecule has 0 spiro atoms. The predicted octanol–water partition coefficient (Wildman–Crippen LogP) is 2.75. The zero-order chi connectivity index (χ0) is 14.0. The standard InChI is InChI=1S/C14H17ClN2O2/c1-14(2,3)16-13(18)12-8-11(17-19-12)9-6-4-5-7-10(9)15/h4-7,12H,8H2,1-3H3,(H,16,18). The van der Waals surface area contributed by atoms with Gasteiger partial charge in [0.15, 0.2) is 0 Å². The number of nitrogens with zero attached hydrogens (tertiary/aromatic N) is 1. The number of amides is 1. The fourth-order valence-electron chi connectivity index (χ4n) is 1.82. The van der Waals surface area contributed by atoms with Crippen molar-refractivity contribution in [2.75, 3.05) is 0 Å². The van der Waals surface area contributed by atoms with E-state index in [1.165, 1.54) is 0 Å². The van der Waals surface area contributed by atoms with Gasteiger partial charge in [0, 0.05) is 22.5 Å². The van der Waals surface area contributed by atoms with E-state index in [1.54, 1.807) is 6.07 Å². The summed E-state index contributed by atoms with van der Waals surface area (Å²) in [6.45, 7) is 5.78. The number of halogens is 1. The van der Waals surface area contributed by atoms with Gasteiger partial charge in [0.05, 0.1) is 5.71 Å². The number of oxime groups is 1. The van der Waals surface area contributed by atoms with Crippen LogP contribution in [0.1, 0.15) is 32.8 Å². The van der Waals surface area contributed by atoms with E-state index in [2.05, 4.69) is 10.5 Å². The Balaban J connectivity index is 2.04. The largest absolute Gasteiger partial charge is 0.382 e. The molecule has 1 unspecified atom stereocenters. The molecule has 2 rings (SSSR count). The fourth-order valence-corrected chi connectivity index (χ4v) is 2.07. The van der Waals surface area contributed by atoms with Crippen LogP contribution in [0.3, 0.4) is 0 Å². The Morgan fingerprint density at radius 1 is 1.42 bits per heavy atom. The Kier molecular flexibility index (Phi) is 3.80. The normalized spacial score (nSPS) is 18.7. The molecule has 1 aliphatic heterocycles. The first-order valence-electron chi connectivity index (χ1n) is 6.16. The quantitative estimate of drug-likeness (QED) is 0.906. The van der Waals surface area contributed by atoms with Gasteiger partial charge in [-0.05, 0) is 26.8 Å². The molecular formula is C14H17ClN2O2. The van der Waals surface area contributed by atoms with Gasteiger partial charge < -0.3 is 10.2 Å². The average Bonchev–Trinajstić information content (AvgIpc) is 2.76. The van der Waals surface area contributed by atoms with E-state index < -0.39 is 6.10 Å². The van der Waals surface area contributed by atoms with Crippen molar-refractivity contribution < 1.29 is 9.63 Å². The highest BCUT2D eigenvalue weighted by Gasteiger charge is 2.31. The second-order valence-corrected chi connectivity index (χ2v) is 5.96. The molecule has 5 heteroatoms. The van der Waals surface area contributed by atoms with Gasteiger partial charge in [0.1, 0.15) is 0 Å². The Labute approximate surface area is 117 Å². The fraction of sp³-hybridized carbons (Fsp3) is 0.429. The number of carbonyl (C=O) groups is 1. The maximum Gasteiger partial charge on any atom is 0.264 e. The van der Waals surface area contributed by atoms with Crippen LogP contribution in [-0.4, -0.2) is 23.3 Å². The SMILES string of the molecule is CC(C)(C)NC(=O)C1CC(c2ccccc2Cl)=NO1. The molecule has 0 saturated carbocycles. The van der Waals surface area contributed by atoms with Crippen LogP contribution in [0.5, 0.6) is 0 Å². The lowest BCUT2D eigenvalue weighted by atomic mass is 10.0. The summed E-state index contributed by atoms with van der Waals surface area (Å²) in [4.78, 5) is 17.2. The van der Waals surface area contributed by atoms with Crippen molar-refractivity contribution in [2.24, 2.45) is 5.16 Å². The molecule has 1 atom stereocenters. The van der Waals surface area contributed by atoms with Crippen LogP contribution in [0.2, 0.25) is 5.02 Å². The van der Waals surface area contributed by atoms with Crippen molar-refractivity contribution in [3.05, 3.63) is 34.9 Å². The van der Waals surface area contributed by atoms with Crippen LogP contribution >= 0.6 is 11.6 Å². The summed E-state index contributed by atoms with van der Waals surface area (Å²) in [5, 5.41) is 7.46. The molecule has 1 aromatic rings. The molecule has 0 bridgehead atoms. The van der Waals surface area contributed by atoms with E-state index in [0.717, 1.165) is 5.56 Å². The summed E-state index contributed by atoms with van der Waals surface area (Å²) in [6.07, 6.45) is -0.142. The molecule has 0 aliphatic carbocycles. The van der Waals surface area contributed by atoms with Crippen molar-refractivity contribution in [3.63, 3.8) is 0 Å². The number of rotatable bonds is 2. The first-order valence-corrected chi connectivity index (χ1v) is 6.54. The summed E-state index contributed by atoms with van der Waals surface area (Å²) in [5.41, 5.74) is 1.24. The van der Waals surface area contributed by atoms with Gasteiger partial charge in [-0.3, -0.25) is 4.79 Å². The lowest BCUT2D eigenvalue weighted by molar-refractivity contribution is -0.132. The first kappa shape index (κ1) is 13.9. The summed E-state index contributed by atoms with van der Waals surface area (Å²) < 4.78 is 0. The number of benzene rings is 1. The highest BCUT2D eigenvalue weighted by atomic mass is 35.5. The van der Waals surface area contributed by atoms with Crippen molar-refractivity contribution in [2.45, 2.75) is 38.8 Å². The minimum atomic E-state index is -0.578. The van der Waals surface area contributed by atoms with Crippen molar-refractivity contribution in [1.82, 2.24) is 5.32 Å². The van der Waals surface area contributed by atoms with Crippen molar-refractivity contribution in [1.29, 1.82) is 0 Å². The highest BCUT2D eigenvalue weighted by Crippen LogP contribution is 2.23. The monoisotopic (exact) mass is 280 g/mol. The van der Waals surface area contributed by atoms with E-state index in [4.69, 9.17) is 16.4 Å². The van der Waals surface area contributed by atoms with Crippen LogP contribution in [0.4, 0.5) is 0 Å². The average molecular weight is 281 g/mol. The molecule has 0 radical (unpaired) electrons. The summed E-state index contributed by atoms with van der Waals surface area (Å²) in [5.74, 6) is -0.154. The van der Waals surface area contributed by atoms with Gasteiger partial charge in [0.2, 0.25) is 6.10 Å². The predicted molar refractivity (Wildman–Crippen MR) is 75.4 cm³/mol. The first-order chi connectivity index (χ1) is 8.87. The molecule has 102 valence electrons. The van der Waals surface area contributed by atoms with Gasteiger partial charge in [-0.25, -0.2) is 0 Å². The van der Waals surface area contributed by atoms with Gasteiger partial charge in [-0.2, -0.15) is 0 Å². The van der Waals surface area contributed by atoms with Crippen LogP contribution in [0.25, 0.3) is 0 Å². The smallest absolute Gasteiger partial charge is 0.264 e. The molecule has 1 N–H and O–H groups in total. The number of hydrogen-bond acceptors (Lipinski definition) is 3. The van der Waals surface area contributed by atoms with Crippen LogP contribution in [-0.2, 0) is 9.63 Å². The Morgan fingerprint density at radius 2 is 2.11 bits per heavy atom. The van der Waals surface area contributed by atoms with Gasteiger partial charge in [-0.15, -0.1) is 0 Å². The third-order valence-electron chi connectivity index (χ3n) is 2.64. The molecular weight excluding hydrogens is 264 g/mol. The molecule has 0 aromatic heterocycles. The van der Waals surface area contributed by atoms with E-state index in [1.807, 2.05) is 39.0 Å². The third-order valence-corrected chi connectivity index (χ3v) is 2.97. The van der Waals surface area contributed by atoms with Gasteiger partial charge >= 0.3 is 0 Å². The minimum absolute atomic E-state index is 0.154. The molecule has 19 heavy (non-hydrogen) atoms. The number of carbonyl (C=O) groups excluding carboxylic acids is 1. The maximum absolute atomic E-state index is 12.0. The van der Waals surface area contributed by atoms with E-state index in [-0.39, 0.29) is 11.4 Å². The molecule has 1 aliphatic rings. The molecule has 1 aromatic carbocycles. The lowest BCUT2D eigenvalue weighted by Gasteiger charge is -2.22. The van der Waals surface area contributed by atoms with Crippen molar-refractivity contribution >= 4 is 23.2 Å². The van der Waals surface area contributed by atoms with Crippen molar-refractivity contribution in [3.8, 4) is 0 Å². The van der Waals surface area contributed by atoms with E-state index >= 15 is 0 Å². The summed E-state index contributed by atoms with van der Waals surface area (Å²) in [7, 11) is 0. The maximum atomic E-state index is 12.0. The van der Waals surface area contributed by atoms with E-state index in [0.29, 0.717) is 17.2 Å². The zero-order valence-electron chi connectivity index (χ0n) is 11.2. The topological polar surface area (TPSA) is 50.7 Å². The second-order valence-electron chi connectivity index (χ2n) is 5.56. The third kappa shape index (κ3) is 3.47. The molecule has 1 amide bonds. The van der Waals surface area contributed by atoms with Gasteiger partial charge in [-0.1, -0.05) is 35.0 Å². The molecule has 0 saturated heterocycles. The van der Waals surface area contributed by atoms with Gasteiger partial charge in [0.25, 0.3) is 5.91 Å². The van der Waals surface area contributed by atoms with E-state index in [9.17, 15) is 4.79 Å². The second kappa shape index (κ2) is 5.21.